The molecule has 0 atom stereocenters. The first-order chi connectivity index (χ1) is 16.1. The fourth-order valence-electron chi connectivity index (χ4n) is 5.09. The van der Waals surface area contributed by atoms with Gasteiger partial charge in [-0.2, -0.15) is 0 Å². The molecule has 0 spiro atoms. The molecule has 0 radical (unpaired) electrons. The van der Waals surface area contributed by atoms with E-state index in [1.54, 1.807) is 12.1 Å². The van der Waals surface area contributed by atoms with Gasteiger partial charge in [0.2, 0.25) is 0 Å². The number of benzene rings is 2. The van der Waals surface area contributed by atoms with Gasteiger partial charge in [-0.05, 0) is 43.5 Å². The van der Waals surface area contributed by atoms with E-state index in [1.807, 2.05) is 15.5 Å². The molecular formula is C27H32N4O2. The molecule has 2 aliphatic rings. The number of nitrogens with zero attached hydrogens (tertiary/aromatic N) is 4. The van der Waals surface area contributed by atoms with Crippen molar-refractivity contribution < 1.29 is 4.79 Å². The van der Waals surface area contributed by atoms with Crippen LogP contribution in [0.3, 0.4) is 0 Å². The summed E-state index contributed by atoms with van der Waals surface area (Å²) in [7, 11) is 0. The van der Waals surface area contributed by atoms with Gasteiger partial charge in [0.05, 0.1) is 10.9 Å². The van der Waals surface area contributed by atoms with Crippen LogP contribution in [0.25, 0.3) is 10.9 Å². The Bertz CT molecular complexity index is 1220. The maximum atomic E-state index is 13.2. The minimum Gasteiger partial charge on any atom is -0.336 e. The van der Waals surface area contributed by atoms with Crippen LogP contribution in [0.1, 0.15) is 53.0 Å². The minimum atomic E-state index is 0.0284. The summed E-state index contributed by atoms with van der Waals surface area (Å²) >= 11 is 0. The van der Waals surface area contributed by atoms with E-state index < -0.39 is 0 Å². The highest BCUT2D eigenvalue weighted by Crippen LogP contribution is 2.18. The monoisotopic (exact) mass is 444 g/mol. The average molecular weight is 445 g/mol. The highest BCUT2D eigenvalue weighted by Gasteiger charge is 2.23. The van der Waals surface area contributed by atoms with E-state index in [0.717, 1.165) is 57.7 Å². The second-order valence-corrected chi connectivity index (χ2v) is 9.44. The lowest BCUT2D eigenvalue weighted by Crippen LogP contribution is -2.48. The number of carbonyl (C=O) groups excluding carboxylic acids is 1. The predicted octanol–water partition coefficient (Wildman–Crippen LogP) is 3.78. The topological polar surface area (TPSA) is 58.4 Å². The summed E-state index contributed by atoms with van der Waals surface area (Å²) in [6.45, 7) is 6.92. The first-order valence-electron chi connectivity index (χ1n) is 12.2. The van der Waals surface area contributed by atoms with Gasteiger partial charge in [-0.15, -0.1) is 0 Å². The first-order valence-corrected chi connectivity index (χ1v) is 12.2. The molecule has 3 aromatic rings. The summed E-state index contributed by atoms with van der Waals surface area (Å²) in [5.41, 5.74) is 3.89. The average Bonchev–Trinajstić information content (AvgIpc) is 2.80. The number of rotatable bonds is 3. The Labute approximate surface area is 194 Å². The summed E-state index contributed by atoms with van der Waals surface area (Å²) in [6.07, 6.45) is 5.25. The SMILES string of the molecule is Cc1cccc(CN2CCN(C(=O)c3ccc4c(=O)n5c(nc4c3)CCCCCC5)CC2)c1. The van der Waals surface area contributed by atoms with Gasteiger partial charge in [-0.3, -0.25) is 19.1 Å². The second kappa shape index (κ2) is 9.48. The summed E-state index contributed by atoms with van der Waals surface area (Å²) in [6, 6.07) is 14.0. The van der Waals surface area contributed by atoms with Crippen LogP contribution in [0.15, 0.2) is 47.3 Å². The third-order valence-electron chi connectivity index (χ3n) is 6.96. The van der Waals surface area contributed by atoms with Gasteiger partial charge in [0.25, 0.3) is 11.5 Å². The molecule has 0 aliphatic carbocycles. The lowest BCUT2D eigenvalue weighted by atomic mass is 10.1. The van der Waals surface area contributed by atoms with Gasteiger partial charge in [-0.25, -0.2) is 4.98 Å². The normalized spacial score (nSPS) is 17.4. The van der Waals surface area contributed by atoms with Crippen molar-refractivity contribution in [2.45, 2.75) is 52.1 Å². The number of piperazine rings is 1. The second-order valence-electron chi connectivity index (χ2n) is 9.44. The Morgan fingerprint density at radius 3 is 2.58 bits per heavy atom. The van der Waals surface area contributed by atoms with Crippen LogP contribution in [-0.4, -0.2) is 51.4 Å². The van der Waals surface area contributed by atoms with Crippen LogP contribution in [-0.2, 0) is 19.5 Å². The van der Waals surface area contributed by atoms with Crippen molar-refractivity contribution in [3.63, 3.8) is 0 Å². The van der Waals surface area contributed by atoms with Crippen molar-refractivity contribution in [3.8, 4) is 0 Å². The maximum Gasteiger partial charge on any atom is 0.261 e. The molecule has 33 heavy (non-hydrogen) atoms. The molecule has 1 aromatic heterocycles. The van der Waals surface area contributed by atoms with Crippen molar-refractivity contribution in [3.05, 3.63) is 75.3 Å². The van der Waals surface area contributed by atoms with E-state index in [4.69, 9.17) is 4.98 Å². The van der Waals surface area contributed by atoms with Crippen LogP contribution in [0, 0.1) is 6.92 Å². The van der Waals surface area contributed by atoms with Crippen molar-refractivity contribution in [2.75, 3.05) is 26.2 Å². The Kier molecular flexibility index (Phi) is 6.27. The van der Waals surface area contributed by atoms with Crippen molar-refractivity contribution >= 4 is 16.8 Å². The third-order valence-corrected chi connectivity index (χ3v) is 6.96. The number of carbonyl (C=O) groups is 1. The summed E-state index contributed by atoms with van der Waals surface area (Å²) in [4.78, 5) is 35.4. The molecule has 0 saturated carbocycles. The number of aromatic nitrogens is 2. The quantitative estimate of drug-likeness (QED) is 0.617. The lowest BCUT2D eigenvalue weighted by molar-refractivity contribution is 0.0628. The Balaban J connectivity index is 1.30. The van der Waals surface area contributed by atoms with Crippen molar-refractivity contribution in [2.24, 2.45) is 0 Å². The number of hydrogen-bond donors (Lipinski definition) is 0. The zero-order chi connectivity index (χ0) is 22.8. The molecule has 1 amide bonds. The number of amides is 1. The van der Waals surface area contributed by atoms with Gasteiger partial charge in [0.1, 0.15) is 5.82 Å². The fraction of sp³-hybridized carbons (Fsp3) is 0.444. The molecule has 3 heterocycles. The van der Waals surface area contributed by atoms with Gasteiger partial charge >= 0.3 is 0 Å². The molecule has 172 valence electrons. The molecule has 2 aromatic carbocycles. The molecule has 0 unspecified atom stereocenters. The van der Waals surface area contributed by atoms with Crippen molar-refractivity contribution in [1.82, 2.24) is 19.4 Å². The highest BCUT2D eigenvalue weighted by atomic mass is 16.2. The largest absolute Gasteiger partial charge is 0.336 e. The van der Waals surface area contributed by atoms with Crippen LogP contribution < -0.4 is 5.56 Å². The van der Waals surface area contributed by atoms with Crippen LogP contribution in [0.5, 0.6) is 0 Å². The lowest BCUT2D eigenvalue weighted by Gasteiger charge is -2.35. The van der Waals surface area contributed by atoms with Crippen LogP contribution >= 0.6 is 0 Å². The van der Waals surface area contributed by atoms with E-state index in [0.29, 0.717) is 29.6 Å². The molecular weight excluding hydrogens is 412 g/mol. The Hall–Kier alpha value is -2.99. The molecule has 1 saturated heterocycles. The van der Waals surface area contributed by atoms with E-state index in [9.17, 15) is 9.59 Å². The Morgan fingerprint density at radius 1 is 0.939 bits per heavy atom. The molecule has 0 bridgehead atoms. The zero-order valence-electron chi connectivity index (χ0n) is 19.4. The van der Waals surface area contributed by atoms with Gasteiger partial charge < -0.3 is 4.90 Å². The highest BCUT2D eigenvalue weighted by molar-refractivity contribution is 5.97. The number of hydrogen-bond acceptors (Lipinski definition) is 4. The summed E-state index contributed by atoms with van der Waals surface area (Å²) in [5.74, 6) is 0.891. The van der Waals surface area contributed by atoms with E-state index in [-0.39, 0.29) is 11.5 Å². The van der Waals surface area contributed by atoms with Crippen LogP contribution in [0.4, 0.5) is 0 Å². The van der Waals surface area contributed by atoms with E-state index in [1.165, 1.54) is 17.5 Å². The molecule has 6 nitrogen and oxygen atoms in total. The zero-order valence-corrected chi connectivity index (χ0v) is 19.4. The molecule has 6 heteroatoms. The van der Waals surface area contributed by atoms with E-state index >= 15 is 0 Å². The molecule has 2 aliphatic heterocycles. The fourth-order valence-corrected chi connectivity index (χ4v) is 5.09. The van der Waals surface area contributed by atoms with Crippen molar-refractivity contribution in [1.29, 1.82) is 0 Å². The van der Waals surface area contributed by atoms with Gasteiger partial charge in [0, 0.05) is 51.3 Å². The van der Waals surface area contributed by atoms with Gasteiger partial charge in [0.15, 0.2) is 0 Å². The standard InChI is InChI=1S/C27H32N4O2/c1-20-7-6-8-21(17-20)19-29-13-15-30(16-14-29)26(32)22-10-11-23-24(18-22)28-25-9-4-2-3-5-12-31(25)27(23)33/h6-8,10-11,17-18H,2-5,9,12-16,19H2,1H3. The Morgan fingerprint density at radius 2 is 1.76 bits per heavy atom. The van der Waals surface area contributed by atoms with Gasteiger partial charge in [-0.1, -0.05) is 42.7 Å². The first kappa shape index (κ1) is 21.8. The predicted molar refractivity (Wildman–Crippen MR) is 131 cm³/mol. The minimum absolute atomic E-state index is 0.0284. The number of fused-ring (bicyclic) bond motifs is 2. The maximum absolute atomic E-state index is 13.2. The number of aryl methyl sites for hydroxylation is 2. The van der Waals surface area contributed by atoms with E-state index in [2.05, 4.69) is 36.1 Å². The van der Waals surface area contributed by atoms with Crippen LogP contribution in [0.2, 0.25) is 0 Å². The smallest absolute Gasteiger partial charge is 0.261 e. The third kappa shape index (κ3) is 4.71. The molecule has 1 fully saturated rings. The summed E-state index contributed by atoms with van der Waals surface area (Å²) < 4.78 is 1.84. The molecule has 5 rings (SSSR count). The molecule has 0 N–H and O–H groups in total. The summed E-state index contributed by atoms with van der Waals surface area (Å²) in [5, 5.41) is 0.610.